The fraction of sp³-hybridized carbons (Fsp3) is 0.667. The van der Waals surface area contributed by atoms with Crippen LogP contribution in [-0.2, 0) is 23.8 Å². The van der Waals surface area contributed by atoms with Crippen molar-refractivity contribution in [2.24, 2.45) is 22.7 Å². The van der Waals surface area contributed by atoms with Crippen LogP contribution in [0.2, 0.25) is 0 Å². The highest BCUT2D eigenvalue weighted by atomic mass is 16.8. The SMILES string of the molecule is C=C/C(C)=C/C[C@]1(C)[C@H](C)CCC23C(=C[C@H](O)C[C@H]21)[C@@H](OC(C)=O)O[C@H]3OC(C)=O. The highest BCUT2D eigenvalue weighted by molar-refractivity contribution is 5.67. The van der Waals surface area contributed by atoms with E-state index in [1.165, 1.54) is 13.8 Å². The van der Waals surface area contributed by atoms with E-state index < -0.39 is 36.0 Å². The second kappa shape index (κ2) is 8.31. The number of aliphatic hydroxyl groups excluding tert-OH is 1. The Kier molecular flexibility index (Phi) is 6.30. The molecule has 1 aliphatic heterocycles. The van der Waals surface area contributed by atoms with Gasteiger partial charge in [0.2, 0.25) is 12.6 Å². The molecule has 0 aromatic rings. The smallest absolute Gasteiger partial charge is 0.305 e. The number of carbonyl (C=O) groups is 2. The summed E-state index contributed by atoms with van der Waals surface area (Å²) in [5.41, 5.74) is 1.04. The number of hydrogen-bond acceptors (Lipinski definition) is 6. The van der Waals surface area contributed by atoms with Crippen LogP contribution in [-0.4, -0.2) is 35.7 Å². The number of esters is 2. The summed E-state index contributed by atoms with van der Waals surface area (Å²) in [7, 11) is 0. The van der Waals surface area contributed by atoms with Crippen molar-refractivity contribution in [2.75, 3.05) is 0 Å². The van der Waals surface area contributed by atoms with Crippen molar-refractivity contribution in [3.63, 3.8) is 0 Å². The molecule has 166 valence electrons. The summed E-state index contributed by atoms with van der Waals surface area (Å²) < 4.78 is 17.1. The van der Waals surface area contributed by atoms with E-state index >= 15 is 0 Å². The van der Waals surface area contributed by atoms with Crippen molar-refractivity contribution >= 4 is 11.9 Å². The summed E-state index contributed by atoms with van der Waals surface area (Å²) in [6.45, 7) is 13.0. The number of ether oxygens (including phenoxy) is 3. The van der Waals surface area contributed by atoms with Gasteiger partial charge < -0.3 is 14.6 Å². The van der Waals surface area contributed by atoms with Crippen LogP contribution >= 0.6 is 0 Å². The van der Waals surface area contributed by atoms with Gasteiger partial charge in [0.25, 0.3) is 0 Å². The third-order valence-electron chi connectivity index (χ3n) is 7.57. The van der Waals surface area contributed by atoms with E-state index in [9.17, 15) is 14.7 Å². The molecule has 0 amide bonds. The summed E-state index contributed by atoms with van der Waals surface area (Å²) in [6.07, 6.45) is 6.30. The number of rotatable bonds is 5. The molecule has 0 radical (unpaired) electrons. The second-order valence-corrected chi connectivity index (χ2v) is 9.34. The molecule has 1 unspecified atom stereocenters. The monoisotopic (exact) mass is 418 g/mol. The van der Waals surface area contributed by atoms with Gasteiger partial charge in [-0.1, -0.05) is 38.2 Å². The average Bonchev–Trinajstić information content (AvgIpc) is 2.94. The van der Waals surface area contributed by atoms with Gasteiger partial charge in [-0.3, -0.25) is 14.3 Å². The topological polar surface area (TPSA) is 82.1 Å². The van der Waals surface area contributed by atoms with Crippen molar-refractivity contribution in [1.82, 2.24) is 0 Å². The van der Waals surface area contributed by atoms with E-state index in [0.717, 1.165) is 30.4 Å². The Morgan fingerprint density at radius 2 is 1.97 bits per heavy atom. The fourth-order valence-corrected chi connectivity index (χ4v) is 5.74. The lowest BCUT2D eigenvalue weighted by Crippen LogP contribution is -2.56. The summed E-state index contributed by atoms with van der Waals surface area (Å²) in [5.74, 6) is -0.542. The molecule has 1 saturated heterocycles. The Labute approximate surface area is 179 Å². The van der Waals surface area contributed by atoms with E-state index in [-0.39, 0.29) is 11.3 Å². The quantitative estimate of drug-likeness (QED) is 0.412. The van der Waals surface area contributed by atoms with E-state index in [1.54, 1.807) is 6.08 Å². The first-order valence-corrected chi connectivity index (χ1v) is 10.7. The van der Waals surface area contributed by atoms with Crippen LogP contribution in [0.1, 0.15) is 60.3 Å². The van der Waals surface area contributed by atoms with Gasteiger partial charge >= 0.3 is 11.9 Å². The molecular weight excluding hydrogens is 384 g/mol. The van der Waals surface area contributed by atoms with Gasteiger partial charge in [0.05, 0.1) is 11.5 Å². The maximum atomic E-state index is 11.9. The third kappa shape index (κ3) is 3.76. The Bertz CT molecular complexity index is 783. The van der Waals surface area contributed by atoms with Crippen molar-refractivity contribution in [1.29, 1.82) is 0 Å². The molecule has 1 N–H and O–H groups in total. The largest absolute Gasteiger partial charge is 0.435 e. The fourth-order valence-electron chi connectivity index (χ4n) is 5.74. The Hall–Kier alpha value is -1.92. The van der Waals surface area contributed by atoms with Crippen molar-refractivity contribution in [2.45, 2.75) is 79.0 Å². The van der Waals surface area contributed by atoms with E-state index in [0.29, 0.717) is 12.3 Å². The van der Waals surface area contributed by atoms with Crippen molar-refractivity contribution < 1.29 is 28.9 Å². The third-order valence-corrected chi connectivity index (χ3v) is 7.57. The van der Waals surface area contributed by atoms with Crippen LogP contribution < -0.4 is 0 Å². The van der Waals surface area contributed by atoms with Crippen LogP contribution in [0.15, 0.2) is 36.0 Å². The van der Waals surface area contributed by atoms with Crippen molar-refractivity contribution in [3.8, 4) is 0 Å². The van der Waals surface area contributed by atoms with Crippen LogP contribution in [0.5, 0.6) is 0 Å². The highest BCUT2D eigenvalue weighted by Crippen LogP contribution is 2.66. The second-order valence-electron chi connectivity index (χ2n) is 9.34. The summed E-state index contributed by atoms with van der Waals surface area (Å²) >= 11 is 0. The maximum Gasteiger partial charge on any atom is 0.305 e. The van der Waals surface area contributed by atoms with Gasteiger partial charge in [0.1, 0.15) is 0 Å². The van der Waals surface area contributed by atoms with Crippen molar-refractivity contribution in [3.05, 3.63) is 36.0 Å². The molecule has 6 nitrogen and oxygen atoms in total. The molecular formula is C24H34O6. The van der Waals surface area contributed by atoms with Gasteiger partial charge in [-0.05, 0) is 55.9 Å². The van der Waals surface area contributed by atoms with Crippen LogP contribution in [0.25, 0.3) is 0 Å². The van der Waals surface area contributed by atoms with Gasteiger partial charge in [-0.15, -0.1) is 0 Å². The van der Waals surface area contributed by atoms with Crippen LogP contribution in [0, 0.1) is 22.7 Å². The van der Waals surface area contributed by atoms with Crippen LogP contribution in [0.3, 0.4) is 0 Å². The van der Waals surface area contributed by atoms with Gasteiger partial charge in [0.15, 0.2) is 0 Å². The Balaban J connectivity index is 2.12. The zero-order valence-electron chi connectivity index (χ0n) is 18.6. The molecule has 3 aliphatic rings. The first-order valence-electron chi connectivity index (χ1n) is 10.7. The number of carbonyl (C=O) groups excluding carboxylic acids is 2. The molecule has 1 saturated carbocycles. The first-order chi connectivity index (χ1) is 14.0. The molecule has 2 fully saturated rings. The molecule has 0 bridgehead atoms. The van der Waals surface area contributed by atoms with E-state index in [4.69, 9.17) is 14.2 Å². The minimum Gasteiger partial charge on any atom is -0.435 e. The highest BCUT2D eigenvalue weighted by Gasteiger charge is 2.67. The zero-order chi connectivity index (χ0) is 22.3. The van der Waals surface area contributed by atoms with Gasteiger partial charge in [-0.25, -0.2) is 0 Å². The Morgan fingerprint density at radius 1 is 1.30 bits per heavy atom. The minimum absolute atomic E-state index is 0.0116. The lowest BCUT2D eigenvalue weighted by atomic mass is 9.46. The van der Waals surface area contributed by atoms with Gasteiger partial charge in [0, 0.05) is 19.4 Å². The number of hydrogen-bond donors (Lipinski definition) is 1. The molecule has 3 rings (SSSR count). The molecule has 0 aromatic carbocycles. The predicted octanol–water partition coefficient (Wildman–Crippen LogP) is 4.05. The van der Waals surface area contributed by atoms with Gasteiger partial charge in [-0.2, -0.15) is 0 Å². The molecule has 0 aromatic heterocycles. The summed E-state index contributed by atoms with van der Waals surface area (Å²) in [5, 5.41) is 10.7. The molecule has 2 aliphatic carbocycles. The summed E-state index contributed by atoms with van der Waals surface area (Å²) in [6, 6.07) is 0. The summed E-state index contributed by atoms with van der Waals surface area (Å²) in [4.78, 5) is 23.6. The molecule has 6 heteroatoms. The minimum atomic E-state index is -0.951. The predicted molar refractivity (Wildman–Crippen MR) is 112 cm³/mol. The average molecular weight is 419 g/mol. The normalized spacial score (nSPS) is 40.7. The number of aliphatic hydroxyl groups is 1. The number of allylic oxidation sites excluding steroid dienone is 3. The van der Waals surface area contributed by atoms with Crippen LogP contribution in [0.4, 0.5) is 0 Å². The molecule has 1 spiro atoms. The zero-order valence-corrected chi connectivity index (χ0v) is 18.6. The van der Waals surface area contributed by atoms with E-state index in [2.05, 4.69) is 26.5 Å². The first kappa shape index (κ1) is 22.8. The Morgan fingerprint density at radius 3 is 2.57 bits per heavy atom. The van der Waals surface area contributed by atoms with E-state index in [1.807, 2.05) is 13.0 Å². The molecule has 1 heterocycles. The maximum absolute atomic E-state index is 11.9. The standard InChI is InChI=1S/C24H34O6/c1-7-14(2)8-10-23(6)15(3)9-11-24-19(12-18(27)13-20(23)24)21(28-16(4)25)30-22(24)29-17(5)26/h7-8,12,15,18,20-22,27H,1,9-11,13H2,2-6H3/b14-8+/t15-,18+,20+,21+,22-,23-,24?/m1/s1. The molecule has 7 atom stereocenters. The lowest BCUT2D eigenvalue weighted by Gasteiger charge is -2.58. The lowest BCUT2D eigenvalue weighted by molar-refractivity contribution is -0.235. The molecule has 30 heavy (non-hydrogen) atoms.